The second kappa shape index (κ2) is 9.60. The van der Waals surface area contributed by atoms with Crippen LogP contribution in [0.3, 0.4) is 0 Å². The molecule has 2 amide bonds. The summed E-state index contributed by atoms with van der Waals surface area (Å²) in [7, 11) is 0. The first-order valence-electron chi connectivity index (χ1n) is 8.47. The molecule has 0 saturated heterocycles. The van der Waals surface area contributed by atoms with E-state index in [-0.39, 0.29) is 18.2 Å². The molecule has 0 aliphatic heterocycles. The molecule has 2 aromatic rings. The monoisotopic (exact) mass is 392 g/mol. The van der Waals surface area contributed by atoms with E-state index >= 15 is 0 Å². The van der Waals surface area contributed by atoms with Crippen molar-refractivity contribution in [1.29, 1.82) is 0 Å². The van der Waals surface area contributed by atoms with E-state index in [1.807, 2.05) is 37.3 Å². The zero-order valence-electron chi connectivity index (χ0n) is 14.8. The van der Waals surface area contributed by atoms with Crippen LogP contribution in [0.25, 0.3) is 0 Å². The summed E-state index contributed by atoms with van der Waals surface area (Å²) in [6.07, 6.45) is 0.136. The SMILES string of the molecule is CCNC(=O)C(C)N(Cc1ccc(Cl)cc1)C(=O)Cc1ccccc1Cl. The van der Waals surface area contributed by atoms with Gasteiger partial charge in [-0.15, -0.1) is 0 Å². The molecule has 0 bridgehead atoms. The van der Waals surface area contributed by atoms with Crippen LogP contribution in [0.4, 0.5) is 0 Å². The molecule has 0 heterocycles. The molecule has 6 heteroatoms. The summed E-state index contributed by atoms with van der Waals surface area (Å²) in [5.74, 6) is -0.347. The van der Waals surface area contributed by atoms with E-state index in [1.165, 1.54) is 0 Å². The van der Waals surface area contributed by atoms with E-state index in [2.05, 4.69) is 5.32 Å². The van der Waals surface area contributed by atoms with Gasteiger partial charge in [0, 0.05) is 23.1 Å². The highest BCUT2D eigenvalue weighted by molar-refractivity contribution is 6.31. The Hall–Kier alpha value is -2.04. The van der Waals surface area contributed by atoms with Gasteiger partial charge in [0.2, 0.25) is 11.8 Å². The third-order valence-electron chi connectivity index (χ3n) is 4.08. The Morgan fingerprint density at radius 3 is 2.35 bits per heavy atom. The first-order chi connectivity index (χ1) is 12.4. The van der Waals surface area contributed by atoms with Gasteiger partial charge >= 0.3 is 0 Å². The predicted octanol–water partition coefficient (Wildman–Crippen LogP) is 4.09. The summed E-state index contributed by atoms with van der Waals surface area (Å²) in [6.45, 7) is 4.40. The van der Waals surface area contributed by atoms with Crippen molar-refractivity contribution < 1.29 is 9.59 Å². The lowest BCUT2D eigenvalue weighted by Crippen LogP contribution is -2.48. The largest absolute Gasteiger partial charge is 0.355 e. The molecule has 2 rings (SSSR count). The maximum absolute atomic E-state index is 12.9. The number of carbonyl (C=O) groups excluding carboxylic acids is 2. The van der Waals surface area contributed by atoms with Crippen LogP contribution >= 0.6 is 23.2 Å². The number of amides is 2. The lowest BCUT2D eigenvalue weighted by atomic mass is 10.1. The molecule has 1 N–H and O–H groups in total. The molecular weight excluding hydrogens is 371 g/mol. The summed E-state index contributed by atoms with van der Waals surface area (Å²) in [6, 6.07) is 13.9. The van der Waals surface area contributed by atoms with E-state index in [4.69, 9.17) is 23.2 Å². The maximum Gasteiger partial charge on any atom is 0.242 e. The van der Waals surface area contributed by atoms with E-state index in [0.717, 1.165) is 11.1 Å². The lowest BCUT2D eigenvalue weighted by Gasteiger charge is -2.29. The number of benzene rings is 2. The first kappa shape index (κ1) is 20.3. The van der Waals surface area contributed by atoms with Gasteiger partial charge in [-0.2, -0.15) is 0 Å². The van der Waals surface area contributed by atoms with Crippen molar-refractivity contribution in [2.75, 3.05) is 6.54 Å². The van der Waals surface area contributed by atoms with Crippen LogP contribution in [-0.4, -0.2) is 29.3 Å². The van der Waals surface area contributed by atoms with Gasteiger partial charge in [0.15, 0.2) is 0 Å². The average molecular weight is 393 g/mol. The minimum absolute atomic E-state index is 0.136. The molecule has 0 spiro atoms. The second-order valence-electron chi connectivity index (χ2n) is 5.99. The predicted molar refractivity (Wildman–Crippen MR) is 105 cm³/mol. The van der Waals surface area contributed by atoms with Crippen molar-refractivity contribution in [3.8, 4) is 0 Å². The zero-order chi connectivity index (χ0) is 19.1. The fraction of sp³-hybridized carbons (Fsp3) is 0.300. The van der Waals surface area contributed by atoms with Crippen LogP contribution in [0.15, 0.2) is 48.5 Å². The molecule has 2 aromatic carbocycles. The lowest BCUT2D eigenvalue weighted by molar-refractivity contribution is -0.140. The Morgan fingerprint density at radius 2 is 1.73 bits per heavy atom. The van der Waals surface area contributed by atoms with E-state index in [1.54, 1.807) is 30.0 Å². The van der Waals surface area contributed by atoms with Crippen LogP contribution in [0.1, 0.15) is 25.0 Å². The van der Waals surface area contributed by atoms with Crippen LogP contribution in [0, 0.1) is 0 Å². The minimum atomic E-state index is -0.597. The number of likely N-dealkylation sites (N-methyl/N-ethyl adjacent to an activating group) is 1. The number of rotatable bonds is 7. The quantitative estimate of drug-likeness (QED) is 0.771. The summed E-state index contributed by atoms with van der Waals surface area (Å²) < 4.78 is 0. The van der Waals surface area contributed by atoms with E-state index < -0.39 is 6.04 Å². The van der Waals surface area contributed by atoms with Crippen LogP contribution in [-0.2, 0) is 22.6 Å². The molecule has 1 atom stereocenters. The number of carbonyl (C=O) groups is 2. The Morgan fingerprint density at radius 1 is 1.08 bits per heavy atom. The average Bonchev–Trinajstić information content (AvgIpc) is 2.62. The maximum atomic E-state index is 12.9. The fourth-order valence-electron chi connectivity index (χ4n) is 2.60. The van der Waals surface area contributed by atoms with Gasteiger partial charge in [0.25, 0.3) is 0 Å². The van der Waals surface area contributed by atoms with E-state index in [0.29, 0.717) is 23.1 Å². The van der Waals surface area contributed by atoms with Gasteiger partial charge in [-0.05, 0) is 43.2 Å². The van der Waals surface area contributed by atoms with Crippen LogP contribution in [0.2, 0.25) is 10.0 Å². The third kappa shape index (κ3) is 5.48. The highest BCUT2D eigenvalue weighted by Crippen LogP contribution is 2.19. The van der Waals surface area contributed by atoms with Gasteiger partial charge in [0.05, 0.1) is 6.42 Å². The Kier molecular flexibility index (Phi) is 7.49. The van der Waals surface area contributed by atoms with Gasteiger partial charge in [-0.25, -0.2) is 0 Å². The highest BCUT2D eigenvalue weighted by Gasteiger charge is 2.26. The van der Waals surface area contributed by atoms with Crippen molar-refractivity contribution in [2.24, 2.45) is 0 Å². The molecule has 0 aliphatic rings. The minimum Gasteiger partial charge on any atom is -0.355 e. The molecule has 0 aromatic heterocycles. The number of hydrogen-bond acceptors (Lipinski definition) is 2. The van der Waals surface area contributed by atoms with Gasteiger partial charge in [-0.3, -0.25) is 9.59 Å². The summed E-state index contributed by atoms with van der Waals surface area (Å²) >= 11 is 12.1. The number of nitrogens with zero attached hydrogens (tertiary/aromatic N) is 1. The zero-order valence-corrected chi connectivity index (χ0v) is 16.3. The summed E-state index contributed by atoms with van der Waals surface area (Å²) in [5.41, 5.74) is 1.64. The molecular formula is C20H22Cl2N2O2. The van der Waals surface area contributed by atoms with Crippen molar-refractivity contribution in [1.82, 2.24) is 10.2 Å². The number of hydrogen-bond donors (Lipinski definition) is 1. The van der Waals surface area contributed by atoms with Crippen molar-refractivity contribution in [2.45, 2.75) is 32.9 Å². The molecule has 138 valence electrons. The molecule has 26 heavy (non-hydrogen) atoms. The molecule has 0 fully saturated rings. The smallest absolute Gasteiger partial charge is 0.242 e. The van der Waals surface area contributed by atoms with Crippen molar-refractivity contribution in [3.63, 3.8) is 0 Å². The third-order valence-corrected chi connectivity index (χ3v) is 4.70. The molecule has 4 nitrogen and oxygen atoms in total. The highest BCUT2D eigenvalue weighted by atomic mass is 35.5. The summed E-state index contributed by atoms with van der Waals surface area (Å²) in [4.78, 5) is 26.8. The molecule has 1 unspecified atom stereocenters. The van der Waals surface area contributed by atoms with Crippen molar-refractivity contribution in [3.05, 3.63) is 69.7 Å². The Labute approximate surface area is 164 Å². The molecule has 0 radical (unpaired) electrons. The number of nitrogens with one attached hydrogen (secondary N) is 1. The van der Waals surface area contributed by atoms with Gasteiger partial charge in [-0.1, -0.05) is 53.5 Å². The topological polar surface area (TPSA) is 49.4 Å². The normalized spacial score (nSPS) is 11.7. The van der Waals surface area contributed by atoms with Crippen molar-refractivity contribution >= 4 is 35.0 Å². The van der Waals surface area contributed by atoms with Crippen LogP contribution in [0.5, 0.6) is 0 Å². The van der Waals surface area contributed by atoms with E-state index in [9.17, 15) is 9.59 Å². The van der Waals surface area contributed by atoms with Gasteiger partial charge in [0.1, 0.15) is 6.04 Å². The standard InChI is InChI=1S/C20H22Cl2N2O2/c1-3-23-20(26)14(2)24(13-15-8-10-17(21)11-9-15)19(25)12-16-6-4-5-7-18(16)22/h4-11,14H,3,12-13H2,1-2H3,(H,23,26). The summed E-state index contributed by atoms with van der Waals surface area (Å²) in [5, 5.41) is 3.94. The first-order valence-corrected chi connectivity index (χ1v) is 9.23. The Bertz CT molecular complexity index is 763. The van der Waals surface area contributed by atoms with Crippen LogP contribution < -0.4 is 5.32 Å². The number of halogens is 2. The molecule has 0 aliphatic carbocycles. The molecule has 0 saturated carbocycles. The van der Waals surface area contributed by atoms with Gasteiger partial charge < -0.3 is 10.2 Å². The second-order valence-corrected chi connectivity index (χ2v) is 6.83. The fourth-order valence-corrected chi connectivity index (χ4v) is 2.93. The Balaban J connectivity index is 2.23.